The third kappa shape index (κ3) is 4.09. The first-order valence-corrected chi connectivity index (χ1v) is 8.14. The summed E-state index contributed by atoms with van der Waals surface area (Å²) in [5.74, 6) is 0.0130. The van der Waals surface area contributed by atoms with Gasteiger partial charge in [-0.25, -0.2) is 4.79 Å². The molecular weight excluding hydrogens is 322 g/mol. The van der Waals surface area contributed by atoms with Crippen LogP contribution < -0.4 is 14.8 Å². The maximum absolute atomic E-state index is 12.3. The summed E-state index contributed by atoms with van der Waals surface area (Å²) in [7, 11) is 0. The van der Waals surface area contributed by atoms with Gasteiger partial charge >= 0.3 is 5.97 Å². The lowest BCUT2D eigenvalue weighted by atomic mass is 10.0. The molecule has 0 fully saturated rings. The topological polar surface area (TPSA) is 84.9 Å². The average Bonchev–Trinajstić information content (AvgIpc) is 2.86. The molecule has 0 saturated carbocycles. The van der Waals surface area contributed by atoms with Crippen molar-refractivity contribution in [3.8, 4) is 11.5 Å². The fourth-order valence-corrected chi connectivity index (χ4v) is 2.66. The van der Waals surface area contributed by atoms with E-state index in [1.807, 2.05) is 0 Å². The molecule has 6 nitrogen and oxygen atoms in total. The molecule has 1 heterocycles. The fraction of sp³-hybridized carbons (Fsp3) is 0.263. The molecule has 130 valence electrons. The van der Waals surface area contributed by atoms with Gasteiger partial charge in [-0.3, -0.25) is 4.79 Å². The molecule has 2 aromatic rings. The molecule has 0 aromatic heterocycles. The van der Waals surface area contributed by atoms with Crippen LogP contribution in [0.4, 0.5) is 0 Å². The largest absolute Gasteiger partial charge is 0.490 e. The van der Waals surface area contributed by atoms with Gasteiger partial charge in [-0.1, -0.05) is 18.2 Å². The predicted octanol–water partition coefficient (Wildman–Crippen LogP) is 2.52. The molecule has 6 heteroatoms. The maximum Gasteiger partial charge on any atom is 0.335 e. The van der Waals surface area contributed by atoms with Crippen LogP contribution in [-0.2, 0) is 6.42 Å². The first-order chi connectivity index (χ1) is 12.1. The van der Waals surface area contributed by atoms with Gasteiger partial charge in [0.05, 0.1) is 18.8 Å². The molecule has 1 amide bonds. The van der Waals surface area contributed by atoms with Crippen molar-refractivity contribution in [2.24, 2.45) is 0 Å². The van der Waals surface area contributed by atoms with Gasteiger partial charge in [0, 0.05) is 18.5 Å². The van der Waals surface area contributed by atoms with Gasteiger partial charge < -0.3 is 19.9 Å². The smallest absolute Gasteiger partial charge is 0.335 e. The summed E-state index contributed by atoms with van der Waals surface area (Å²) in [6.45, 7) is 1.50. The SMILES string of the molecule is O=C(NCCc1ccccc1C(=O)O)c1ccc2c(c1)OCCCO2. The number of fused-ring (bicyclic) bond motifs is 1. The van der Waals surface area contributed by atoms with Crippen LogP contribution in [0, 0.1) is 0 Å². The van der Waals surface area contributed by atoms with Crippen molar-refractivity contribution >= 4 is 11.9 Å². The van der Waals surface area contributed by atoms with E-state index in [0.29, 0.717) is 48.8 Å². The second-order valence-corrected chi connectivity index (χ2v) is 5.68. The number of carbonyl (C=O) groups is 2. The van der Waals surface area contributed by atoms with Crippen molar-refractivity contribution in [1.82, 2.24) is 5.32 Å². The summed E-state index contributed by atoms with van der Waals surface area (Å²) in [4.78, 5) is 23.5. The molecule has 1 aliphatic rings. The number of ether oxygens (including phenoxy) is 2. The molecule has 0 atom stereocenters. The van der Waals surface area contributed by atoms with E-state index in [9.17, 15) is 14.7 Å². The maximum atomic E-state index is 12.3. The third-order valence-corrected chi connectivity index (χ3v) is 3.94. The summed E-state index contributed by atoms with van der Waals surface area (Å²) in [5, 5.41) is 12.0. The zero-order valence-corrected chi connectivity index (χ0v) is 13.7. The Balaban J connectivity index is 1.62. The number of carboxylic acid groups (broad SMARTS) is 1. The highest BCUT2D eigenvalue weighted by Crippen LogP contribution is 2.30. The van der Waals surface area contributed by atoms with Gasteiger partial charge in [-0.05, 0) is 36.2 Å². The summed E-state index contributed by atoms with van der Waals surface area (Å²) >= 11 is 0. The van der Waals surface area contributed by atoms with Crippen LogP contribution >= 0.6 is 0 Å². The van der Waals surface area contributed by atoms with Crippen LogP contribution in [0.2, 0.25) is 0 Å². The number of benzene rings is 2. The Morgan fingerprint density at radius 3 is 2.60 bits per heavy atom. The number of rotatable bonds is 5. The lowest BCUT2D eigenvalue weighted by molar-refractivity contribution is 0.0695. The molecule has 0 unspecified atom stereocenters. The highest BCUT2D eigenvalue weighted by atomic mass is 16.5. The average molecular weight is 341 g/mol. The van der Waals surface area contributed by atoms with E-state index in [1.54, 1.807) is 42.5 Å². The minimum atomic E-state index is -0.968. The van der Waals surface area contributed by atoms with Crippen molar-refractivity contribution in [3.63, 3.8) is 0 Å². The van der Waals surface area contributed by atoms with E-state index in [4.69, 9.17) is 9.47 Å². The van der Waals surface area contributed by atoms with Gasteiger partial charge in [0.2, 0.25) is 0 Å². The van der Waals surface area contributed by atoms with Gasteiger partial charge in [-0.2, -0.15) is 0 Å². The van der Waals surface area contributed by atoms with E-state index in [0.717, 1.165) is 6.42 Å². The summed E-state index contributed by atoms with van der Waals surface area (Å²) in [6, 6.07) is 11.9. The van der Waals surface area contributed by atoms with E-state index >= 15 is 0 Å². The molecule has 0 radical (unpaired) electrons. The van der Waals surface area contributed by atoms with Crippen molar-refractivity contribution in [3.05, 3.63) is 59.2 Å². The van der Waals surface area contributed by atoms with Gasteiger partial charge in [0.15, 0.2) is 11.5 Å². The lowest BCUT2D eigenvalue weighted by Crippen LogP contribution is -2.26. The Bertz CT molecular complexity index is 787. The van der Waals surface area contributed by atoms with Crippen molar-refractivity contribution < 1.29 is 24.2 Å². The molecule has 2 aromatic carbocycles. The molecule has 25 heavy (non-hydrogen) atoms. The summed E-state index contributed by atoms with van der Waals surface area (Å²) in [5.41, 5.74) is 1.43. The quantitative estimate of drug-likeness (QED) is 0.873. The minimum Gasteiger partial charge on any atom is -0.490 e. The van der Waals surface area contributed by atoms with Crippen LogP contribution in [0.15, 0.2) is 42.5 Å². The van der Waals surface area contributed by atoms with Crippen molar-refractivity contribution in [2.45, 2.75) is 12.8 Å². The molecule has 0 saturated heterocycles. The second-order valence-electron chi connectivity index (χ2n) is 5.68. The highest BCUT2D eigenvalue weighted by Gasteiger charge is 2.14. The van der Waals surface area contributed by atoms with Gasteiger partial charge in [0.1, 0.15) is 0 Å². The Kier molecular flexibility index (Phi) is 5.18. The van der Waals surface area contributed by atoms with E-state index in [1.165, 1.54) is 0 Å². The van der Waals surface area contributed by atoms with Crippen molar-refractivity contribution in [2.75, 3.05) is 19.8 Å². The number of nitrogens with one attached hydrogen (secondary N) is 1. The standard InChI is InChI=1S/C19H19NO5/c21-18(14-6-7-16-17(12-14)25-11-3-10-24-16)20-9-8-13-4-1-2-5-15(13)19(22)23/h1-2,4-7,12H,3,8-11H2,(H,20,21)(H,22,23). The predicted molar refractivity (Wildman–Crippen MR) is 91.5 cm³/mol. The highest BCUT2D eigenvalue weighted by molar-refractivity contribution is 5.95. The zero-order chi connectivity index (χ0) is 17.6. The van der Waals surface area contributed by atoms with Crippen LogP contribution in [0.25, 0.3) is 0 Å². The minimum absolute atomic E-state index is 0.233. The molecule has 0 bridgehead atoms. The van der Waals surface area contributed by atoms with Crippen LogP contribution in [0.3, 0.4) is 0 Å². The first-order valence-electron chi connectivity index (χ1n) is 8.14. The second kappa shape index (κ2) is 7.70. The molecule has 0 aliphatic carbocycles. The number of hydrogen-bond acceptors (Lipinski definition) is 4. The number of carbonyl (C=O) groups excluding carboxylic acids is 1. The van der Waals surface area contributed by atoms with Crippen LogP contribution in [0.1, 0.15) is 32.7 Å². The zero-order valence-electron chi connectivity index (χ0n) is 13.7. The van der Waals surface area contributed by atoms with Gasteiger partial charge in [-0.15, -0.1) is 0 Å². The normalized spacial score (nSPS) is 13.0. The van der Waals surface area contributed by atoms with E-state index < -0.39 is 5.97 Å². The van der Waals surface area contributed by atoms with Crippen molar-refractivity contribution in [1.29, 1.82) is 0 Å². The number of aromatic carboxylic acids is 1. The molecular formula is C19H19NO5. The Labute approximate surface area is 145 Å². The Hall–Kier alpha value is -3.02. The van der Waals surface area contributed by atoms with E-state index in [2.05, 4.69) is 5.32 Å². The van der Waals surface area contributed by atoms with Gasteiger partial charge in [0.25, 0.3) is 5.91 Å². The molecule has 0 spiro atoms. The number of carboxylic acids is 1. The molecule has 1 aliphatic heterocycles. The Morgan fingerprint density at radius 1 is 1.04 bits per heavy atom. The molecule has 3 rings (SSSR count). The summed E-state index contributed by atoms with van der Waals surface area (Å²) < 4.78 is 11.1. The monoisotopic (exact) mass is 341 g/mol. The Morgan fingerprint density at radius 2 is 1.80 bits per heavy atom. The summed E-state index contributed by atoms with van der Waals surface area (Å²) in [6.07, 6.45) is 1.25. The fourth-order valence-electron chi connectivity index (χ4n) is 2.66. The number of hydrogen-bond donors (Lipinski definition) is 2. The third-order valence-electron chi connectivity index (χ3n) is 3.94. The lowest BCUT2D eigenvalue weighted by Gasteiger charge is -2.10. The van der Waals surface area contributed by atoms with Crippen LogP contribution in [-0.4, -0.2) is 36.7 Å². The first kappa shape index (κ1) is 16.8. The van der Waals surface area contributed by atoms with E-state index in [-0.39, 0.29) is 11.5 Å². The van der Waals surface area contributed by atoms with Crippen LogP contribution in [0.5, 0.6) is 11.5 Å². The molecule has 2 N–H and O–H groups in total. The number of amides is 1.